The van der Waals surface area contributed by atoms with Gasteiger partial charge in [0.1, 0.15) is 5.82 Å². The Bertz CT molecular complexity index is 496. The monoisotopic (exact) mass is 250 g/mol. The number of rotatable bonds is 4. The van der Waals surface area contributed by atoms with Crippen LogP contribution in [0, 0.1) is 0 Å². The maximum atomic E-state index is 10.8. The third kappa shape index (κ3) is 2.48. The molecule has 0 saturated heterocycles. The first-order valence-electron chi connectivity index (χ1n) is 4.88. The molecule has 0 atom stereocenters. The fourth-order valence-electron chi connectivity index (χ4n) is 1.19. The van der Waals surface area contributed by atoms with Crippen LogP contribution in [0.1, 0.15) is 23.1 Å². The van der Waals surface area contributed by atoms with E-state index >= 15 is 0 Å². The molecule has 0 aliphatic heterocycles. The molecule has 16 heavy (non-hydrogen) atoms. The second kappa shape index (κ2) is 5.23. The van der Waals surface area contributed by atoms with Gasteiger partial charge in [0.2, 0.25) is 0 Å². The lowest BCUT2D eigenvalue weighted by atomic mass is 10.2. The Hall–Kier alpha value is -1.20. The van der Waals surface area contributed by atoms with Crippen LogP contribution in [-0.2, 0) is 6.42 Å². The third-order valence-electron chi connectivity index (χ3n) is 2.01. The molecule has 0 radical (unpaired) electrons. The van der Waals surface area contributed by atoms with E-state index in [2.05, 4.69) is 9.36 Å². The Balaban J connectivity index is 2.22. The van der Waals surface area contributed by atoms with E-state index in [1.54, 1.807) is 6.07 Å². The molecule has 0 aliphatic carbocycles. The maximum Gasteiger partial charge on any atom is 0.174 e. The van der Waals surface area contributed by atoms with Crippen molar-refractivity contribution >= 4 is 29.6 Å². The van der Waals surface area contributed by atoms with Gasteiger partial charge < -0.3 is 0 Å². The van der Waals surface area contributed by atoms with Gasteiger partial charge in [0.05, 0.1) is 0 Å². The Kier molecular flexibility index (Phi) is 3.69. The summed E-state index contributed by atoms with van der Waals surface area (Å²) in [6, 6.07) is 7.49. The standard InChI is InChI=1S/C11H10N2OS2/c1-2-10-12-11(16-13-10)15-9-6-4-3-5-8(9)7-14/h3-7H,2H2,1H3. The predicted molar refractivity (Wildman–Crippen MR) is 65.2 cm³/mol. The number of aldehydes is 1. The molecule has 2 rings (SSSR count). The molecular weight excluding hydrogens is 240 g/mol. The first-order valence-corrected chi connectivity index (χ1v) is 6.47. The lowest BCUT2D eigenvalue weighted by molar-refractivity contribution is 0.112. The molecule has 0 amide bonds. The Morgan fingerprint density at radius 2 is 2.25 bits per heavy atom. The number of nitrogens with zero attached hydrogens (tertiary/aromatic N) is 2. The Morgan fingerprint density at radius 1 is 1.44 bits per heavy atom. The van der Waals surface area contributed by atoms with Gasteiger partial charge in [-0.1, -0.05) is 36.9 Å². The molecule has 0 unspecified atom stereocenters. The molecule has 0 bridgehead atoms. The number of carbonyl (C=O) groups is 1. The second-order valence-electron chi connectivity index (χ2n) is 3.09. The molecule has 0 N–H and O–H groups in total. The van der Waals surface area contributed by atoms with E-state index in [0.717, 1.165) is 27.8 Å². The van der Waals surface area contributed by atoms with E-state index in [-0.39, 0.29) is 0 Å². The van der Waals surface area contributed by atoms with E-state index < -0.39 is 0 Å². The van der Waals surface area contributed by atoms with Gasteiger partial charge in [-0.05, 0) is 17.6 Å². The van der Waals surface area contributed by atoms with Crippen LogP contribution in [0.2, 0.25) is 0 Å². The van der Waals surface area contributed by atoms with Crippen molar-refractivity contribution in [2.75, 3.05) is 0 Å². The fourth-order valence-corrected chi connectivity index (χ4v) is 2.94. The minimum absolute atomic E-state index is 0.695. The first-order chi connectivity index (χ1) is 7.83. The fraction of sp³-hybridized carbons (Fsp3) is 0.182. The van der Waals surface area contributed by atoms with Crippen LogP contribution < -0.4 is 0 Å². The van der Waals surface area contributed by atoms with Crippen LogP contribution >= 0.6 is 23.3 Å². The average Bonchev–Trinajstić information content (AvgIpc) is 2.77. The molecule has 5 heteroatoms. The molecule has 0 fully saturated rings. The zero-order valence-corrected chi connectivity index (χ0v) is 10.3. The summed E-state index contributed by atoms with van der Waals surface area (Å²) in [6.07, 6.45) is 1.70. The molecule has 1 heterocycles. The van der Waals surface area contributed by atoms with Gasteiger partial charge >= 0.3 is 0 Å². The van der Waals surface area contributed by atoms with Gasteiger partial charge in [-0.2, -0.15) is 4.37 Å². The highest BCUT2D eigenvalue weighted by atomic mass is 32.2. The number of aromatic nitrogens is 2. The van der Waals surface area contributed by atoms with Crippen molar-refractivity contribution < 1.29 is 4.79 Å². The maximum absolute atomic E-state index is 10.8. The summed E-state index contributed by atoms with van der Waals surface area (Å²) in [5.41, 5.74) is 0.695. The average molecular weight is 250 g/mol. The second-order valence-corrected chi connectivity index (χ2v) is 5.13. The van der Waals surface area contributed by atoms with Crippen molar-refractivity contribution in [3.8, 4) is 0 Å². The lowest BCUT2D eigenvalue weighted by Crippen LogP contribution is -1.84. The summed E-state index contributed by atoms with van der Waals surface area (Å²) in [4.78, 5) is 16.1. The van der Waals surface area contributed by atoms with Gasteiger partial charge in [-0.3, -0.25) is 4.79 Å². The molecule has 3 nitrogen and oxygen atoms in total. The van der Waals surface area contributed by atoms with Crippen LogP contribution in [0.3, 0.4) is 0 Å². The van der Waals surface area contributed by atoms with Gasteiger partial charge in [0.15, 0.2) is 10.6 Å². The minimum Gasteiger partial charge on any atom is -0.298 e. The smallest absolute Gasteiger partial charge is 0.174 e. The first kappa shape index (κ1) is 11.3. The largest absolute Gasteiger partial charge is 0.298 e. The van der Waals surface area contributed by atoms with E-state index in [1.165, 1.54) is 23.3 Å². The van der Waals surface area contributed by atoms with Crippen molar-refractivity contribution in [1.82, 2.24) is 9.36 Å². The van der Waals surface area contributed by atoms with Gasteiger partial charge in [-0.25, -0.2) is 4.98 Å². The summed E-state index contributed by atoms with van der Waals surface area (Å²) in [5.74, 6) is 0.857. The van der Waals surface area contributed by atoms with Crippen molar-refractivity contribution in [2.45, 2.75) is 22.6 Å². The molecule has 1 aromatic heterocycles. The summed E-state index contributed by atoms with van der Waals surface area (Å²) >= 11 is 2.86. The SMILES string of the molecule is CCc1nsc(Sc2ccccc2C=O)n1. The highest BCUT2D eigenvalue weighted by Crippen LogP contribution is 2.30. The molecule has 1 aromatic carbocycles. The number of hydrogen-bond donors (Lipinski definition) is 0. The number of hydrogen-bond acceptors (Lipinski definition) is 5. The summed E-state index contributed by atoms with van der Waals surface area (Å²) < 4.78 is 5.09. The van der Waals surface area contributed by atoms with Crippen LogP contribution in [0.5, 0.6) is 0 Å². The molecule has 0 aliphatic rings. The van der Waals surface area contributed by atoms with E-state index in [9.17, 15) is 4.79 Å². The topological polar surface area (TPSA) is 42.9 Å². The molecule has 0 saturated carbocycles. The Morgan fingerprint density at radius 3 is 2.94 bits per heavy atom. The quantitative estimate of drug-likeness (QED) is 0.782. The van der Waals surface area contributed by atoms with E-state index in [1.807, 2.05) is 25.1 Å². The number of carbonyl (C=O) groups excluding carboxylic acids is 1. The molecule has 82 valence electrons. The van der Waals surface area contributed by atoms with Gasteiger partial charge in [0, 0.05) is 16.9 Å². The van der Waals surface area contributed by atoms with Crippen molar-refractivity contribution in [3.05, 3.63) is 35.7 Å². The summed E-state index contributed by atoms with van der Waals surface area (Å²) in [5, 5.41) is 0. The van der Waals surface area contributed by atoms with Gasteiger partial charge in [0.25, 0.3) is 0 Å². The highest BCUT2D eigenvalue weighted by Gasteiger charge is 2.07. The van der Waals surface area contributed by atoms with Crippen LogP contribution in [0.25, 0.3) is 0 Å². The molecular formula is C11H10N2OS2. The lowest BCUT2D eigenvalue weighted by Gasteiger charge is -1.99. The predicted octanol–water partition coefficient (Wildman–Crippen LogP) is 3.06. The van der Waals surface area contributed by atoms with E-state index in [4.69, 9.17) is 0 Å². The van der Waals surface area contributed by atoms with Crippen molar-refractivity contribution in [3.63, 3.8) is 0 Å². The molecule has 0 spiro atoms. The zero-order chi connectivity index (χ0) is 11.4. The zero-order valence-electron chi connectivity index (χ0n) is 8.71. The molecule has 2 aromatic rings. The van der Waals surface area contributed by atoms with Crippen molar-refractivity contribution in [1.29, 1.82) is 0 Å². The van der Waals surface area contributed by atoms with E-state index in [0.29, 0.717) is 5.56 Å². The van der Waals surface area contributed by atoms with Crippen LogP contribution in [0.15, 0.2) is 33.5 Å². The van der Waals surface area contributed by atoms with Gasteiger partial charge in [-0.15, -0.1) is 0 Å². The highest BCUT2D eigenvalue weighted by molar-refractivity contribution is 8.01. The van der Waals surface area contributed by atoms with Crippen molar-refractivity contribution in [2.24, 2.45) is 0 Å². The summed E-state index contributed by atoms with van der Waals surface area (Å²) in [7, 11) is 0. The normalized spacial score (nSPS) is 10.3. The Labute approximate surface area is 102 Å². The number of benzene rings is 1. The minimum atomic E-state index is 0.695. The van der Waals surface area contributed by atoms with Crippen LogP contribution in [-0.4, -0.2) is 15.6 Å². The van der Waals surface area contributed by atoms with Crippen LogP contribution in [0.4, 0.5) is 0 Å². The third-order valence-corrected chi connectivity index (χ3v) is 3.89. The summed E-state index contributed by atoms with van der Waals surface area (Å²) in [6.45, 7) is 2.02. The number of aryl methyl sites for hydroxylation is 1.